The molecule has 0 aliphatic carbocycles. The highest BCUT2D eigenvalue weighted by Crippen LogP contribution is 2.02. The average molecular weight is 151 g/mol. The van der Waals surface area contributed by atoms with Gasteiger partial charge in [-0.25, -0.2) is 0 Å². The van der Waals surface area contributed by atoms with Gasteiger partial charge in [0.25, 0.3) is 0 Å². The summed E-state index contributed by atoms with van der Waals surface area (Å²) in [4.78, 5) is 0. The molecule has 0 aliphatic heterocycles. The molecule has 2 N–H and O–H groups in total. The third-order valence-corrected chi connectivity index (χ3v) is 1.42. The van der Waals surface area contributed by atoms with Crippen LogP contribution in [0.4, 0.5) is 0 Å². The summed E-state index contributed by atoms with van der Waals surface area (Å²) in [6.07, 6.45) is 9.06. The molecule has 0 aromatic rings. The fourth-order valence-electron chi connectivity index (χ4n) is 0.731. The van der Waals surface area contributed by atoms with Crippen molar-refractivity contribution in [3.63, 3.8) is 0 Å². The first kappa shape index (κ1) is 10.0. The molecule has 0 unspecified atom stereocenters. The van der Waals surface area contributed by atoms with Crippen molar-refractivity contribution in [3.8, 4) is 0 Å². The molecule has 1 heteroatoms. The highest BCUT2D eigenvalue weighted by molar-refractivity contribution is 5.20. The van der Waals surface area contributed by atoms with Crippen molar-refractivity contribution in [2.45, 2.75) is 27.2 Å². The summed E-state index contributed by atoms with van der Waals surface area (Å²) < 4.78 is 0. The van der Waals surface area contributed by atoms with Crippen molar-refractivity contribution in [3.05, 3.63) is 35.6 Å². The maximum Gasteiger partial charge on any atom is 0.0270 e. The van der Waals surface area contributed by atoms with Crippen LogP contribution in [0.2, 0.25) is 0 Å². The zero-order valence-electron chi connectivity index (χ0n) is 7.59. The van der Waals surface area contributed by atoms with Gasteiger partial charge in [-0.3, -0.25) is 0 Å². The van der Waals surface area contributed by atoms with E-state index < -0.39 is 0 Å². The topological polar surface area (TPSA) is 26.0 Å². The second-order valence-electron chi connectivity index (χ2n) is 2.55. The number of hydrogen-bond donors (Lipinski definition) is 1. The Morgan fingerprint density at radius 1 is 1.36 bits per heavy atom. The predicted molar refractivity (Wildman–Crippen MR) is 51.1 cm³/mol. The van der Waals surface area contributed by atoms with Crippen molar-refractivity contribution < 1.29 is 0 Å². The second kappa shape index (κ2) is 5.78. The minimum absolute atomic E-state index is 0.840. The molecule has 0 spiro atoms. The number of rotatable bonds is 3. The monoisotopic (exact) mass is 151 g/mol. The van der Waals surface area contributed by atoms with Crippen molar-refractivity contribution in [1.29, 1.82) is 0 Å². The second-order valence-corrected chi connectivity index (χ2v) is 2.55. The van der Waals surface area contributed by atoms with Crippen LogP contribution >= 0.6 is 0 Å². The van der Waals surface area contributed by atoms with Crippen LogP contribution in [-0.2, 0) is 0 Å². The number of nitrogens with two attached hydrogens (primary N) is 1. The lowest BCUT2D eigenvalue weighted by Crippen LogP contribution is -1.92. The first-order chi connectivity index (χ1) is 5.20. The van der Waals surface area contributed by atoms with E-state index in [2.05, 4.69) is 13.0 Å². The highest BCUT2D eigenvalue weighted by Gasteiger charge is 1.85. The van der Waals surface area contributed by atoms with E-state index >= 15 is 0 Å². The largest absolute Gasteiger partial charge is 0.399 e. The zero-order valence-corrected chi connectivity index (χ0v) is 7.59. The van der Waals surface area contributed by atoms with E-state index in [-0.39, 0.29) is 0 Å². The fourth-order valence-corrected chi connectivity index (χ4v) is 0.731. The Labute approximate surface area is 69.3 Å². The molecular weight excluding hydrogens is 134 g/mol. The van der Waals surface area contributed by atoms with E-state index in [0.29, 0.717) is 0 Å². The molecule has 0 aromatic carbocycles. The Morgan fingerprint density at radius 2 is 2.00 bits per heavy atom. The molecule has 0 atom stereocenters. The van der Waals surface area contributed by atoms with Crippen LogP contribution < -0.4 is 5.73 Å². The summed E-state index contributed by atoms with van der Waals surface area (Å²) in [7, 11) is 0. The lowest BCUT2D eigenvalue weighted by atomic mass is 10.2. The number of hydrogen-bond acceptors (Lipinski definition) is 1. The van der Waals surface area contributed by atoms with Gasteiger partial charge in [0.2, 0.25) is 0 Å². The van der Waals surface area contributed by atoms with Crippen LogP contribution in [0.25, 0.3) is 0 Å². The third-order valence-electron chi connectivity index (χ3n) is 1.42. The normalized spacial score (nSPS) is 14.5. The van der Waals surface area contributed by atoms with E-state index in [1.54, 1.807) is 0 Å². The van der Waals surface area contributed by atoms with Gasteiger partial charge in [0, 0.05) is 5.70 Å². The van der Waals surface area contributed by atoms with Crippen LogP contribution in [0.1, 0.15) is 27.2 Å². The van der Waals surface area contributed by atoms with Crippen LogP contribution in [0.3, 0.4) is 0 Å². The van der Waals surface area contributed by atoms with Crippen molar-refractivity contribution in [2.24, 2.45) is 5.73 Å². The fraction of sp³-hybridized carbons (Fsp3) is 0.400. The van der Waals surface area contributed by atoms with Crippen molar-refractivity contribution in [1.82, 2.24) is 0 Å². The van der Waals surface area contributed by atoms with Gasteiger partial charge in [-0.15, -0.1) is 0 Å². The maximum atomic E-state index is 5.61. The Hall–Kier alpha value is -0.980. The standard InChI is InChI=1S/C10H17N/c1-4-6-7-9(3)8-10(11)5-2/h4-6,8H,7,11H2,1-3H3/b6-4?,9-8-,10-5+. The first-order valence-corrected chi connectivity index (χ1v) is 3.90. The SMILES string of the molecule is CC=CC/C(C)=C\C(N)=C/C. The summed E-state index contributed by atoms with van der Waals surface area (Å²) in [5, 5.41) is 0. The quantitative estimate of drug-likeness (QED) is 0.487. The van der Waals surface area contributed by atoms with Gasteiger partial charge in [-0.05, 0) is 33.3 Å². The Bertz CT molecular complexity index is 185. The summed E-state index contributed by atoms with van der Waals surface area (Å²) in [6.45, 7) is 6.04. The molecular formula is C10H17N. The molecule has 0 saturated carbocycles. The summed E-state index contributed by atoms with van der Waals surface area (Å²) in [5.41, 5.74) is 7.74. The summed E-state index contributed by atoms with van der Waals surface area (Å²) >= 11 is 0. The number of allylic oxidation sites excluding steroid dienone is 5. The smallest absolute Gasteiger partial charge is 0.0270 e. The molecule has 0 aromatic heterocycles. The zero-order chi connectivity index (χ0) is 8.69. The van der Waals surface area contributed by atoms with Crippen LogP contribution in [-0.4, -0.2) is 0 Å². The third kappa shape index (κ3) is 5.46. The molecule has 0 aliphatic rings. The maximum absolute atomic E-state index is 5.61. The highest BCUT2D eigenvalue weighted by atomic mass is 14.5. The molecule has 0 heterocycles. The molecule has 0 amide bonds. The molecule has 0 bridgehead atoms. The van der Waals surface area contributed by atoms with E-state index in [0.717, 1.165) is 12.1 Å². The Kier molecular flexibility index (Phi) is 5.26. The van der Waals surface area contributed by atoms with Gasteiger partial charge in [-0.2, -0.15) is 0 Å². The van der Waals surface area contributed by atoms with Gasteiger partial charge in [0.05, 0.1) is 0 Å². The van der Waals surface area contributed by atoms with Crippen molar-refractivity contribution >= 4 is 0 Å². The molecule has 0 fully saturated rings. The Balaban J connectivity index is 4.00. The molecule has 62 valence electrons. The van der Waals surface area contributed by atoms with E-state index in [1.807, 2.05) is 32.1 Å². The van der Waals surface area contributed by atoms with Gasteiger partial charge < -0.3 is 5.73 Å². The molecule has 0 rings (SSSR count). The van der Waals surface area contributed by atoms with E-state index in [4.69, 9.17) is 5.73 Å². The lowest BCUT2D eigenvalue weighted by molar-refractivity contribution is 1.18. The van der Waals surface area contributed by atoms with E-state index in [1.165, 1.54) is 5.57 Å². The van der Waals surface area contributed by atoms with Crippen molar-refractivity contribution in [2.75, 3.05) is 0 Å². The molecule has 0 saturated heterocycles. The van der Waals surface area contributed by atoms with E-state index in [9.17, 15) is 0 Å². The first-order valence-electron chi connectivity index (χ1n) is 3.90. The predicted octanol–water partition coefficient (Wildman–Crippen LogP) is 2.76. The van der Waals surface area contributed by atoms with Crippen LogP contribution in [0, 0.1) is 0 Å². The van der Waals surface area contributed by atoms with Crippen LogP contribution in [0.15, 0.2) is 35.6 Å². The minimum Gasteiger partial charge on any atom is -0.399 e. The molecule has 0 radical (unpaired) electrons. The van der Waals surface area contributed by atoms with Crippen LogP contribution in [0.5, 0.6) is 0 Å². The molecule has 11 heavy (non-hydrogen) atoms. The summed E-state index contributed by atoms with van der Waals surface area (Å²) in [6, 6.07) is 0. The van der Waals surface area contributed by atoms with Gasteiger partial charge in [0.15, 0.2) is 0 Å². The lowest BCUT2D eigenvalue weighted by Gasteiger charge is -1.95. The molecule has 1 nitrogen and oxygen atoms in total. The average Bonchev–Trinajstić information content (AvgIpc) is 2.00. The van der Waals surface area contributed by atoms with Gasteiger partial charge >= 0.3 is 0 Å². The Morgan fingerprint density at radius 3 is 2.45 bits per heavy atom. The minimum atomic E-state index is 0.840. The van der Waals surface area contributed by atoms with Gasteiger partial charge in [-0.1, -0.05) is 23.8 Å². The van der Waals surface area contributed by atoms with Gasteiger partial charge in [0.1, 0.15) is 0 Å². The summed E-state index contributed by atoms with van der Waals surface area (Å²) in [5.74, 6) is 0.